The summed E-state index contributed by atoms with van der Waals surface area (Å²) in [5.74, 6) is 0.390. The summed E-state index contributed by atoms with van der Waals surface area (Å²) >= 11 is 0. The van der Waals surface area contributed by atoms with Gasteiger partial charge in [0.2, 0.25) is 0 Å². The van der Waals surface area contributed by atoms with Crippen molar-refractivity contribution in [1.82, 2.24) is 0 Å². The third-order valence-electron chi connectivity index (χ3n) is 7.05. The van der Waals surface area contributed by atoms with E-state index in [0.717, 1.165) is 6.42 Å². The molecule has 0 aromatic heterocycles. The molecule has 6 aromatic carbocycles. The molecule has 1 unspecified atom stereocenters. The van der Waals surface area contributed by atoms with Gasteiger partial charge in [0.15, 0.2) is 0 Å². The van der Waals surface area contributed by atoms with Crippen molar-refractivity contribution in [3.05, 3.63) is 180 Å². The van der Waals surface area contributed by atoms with E-state index >= 15 is 0 Å². The summed E-state index contributed by atoms with van der Waals surface area (Å²) < 4.78 is 0. The molecule has 194 valence electrons. The zero-order valence-corrected chi connectivity index (χ0v) is 25.9. The molecule has 40 heavy (non-hydrogen) atoms. The van der Waals surface area contributed by atoms with Gasteiger partial charge in [0.25, 0.3) is 0 Å². The van der Waals surface area contributed by atoms with Gasteiger partial charge in [0, 0.05) is 0 Å². The monoisotopic (exact) mass is 632 g/mol. The Morgan fingerprint density at radius 3 is 1.80 bits per heavy atom. The number of fused-ring (bicyclic) bond motifs is 2. The molecule has 0 N–H and O–H groups in total. The van der Waals surface area contributed by atoms with E-state index in [1.807, 2.05) is 6.07 Å². The Morgan fingerprint density at radius 1 is 0.575 bits per heavy atom. The second-order valence-electron chi connectivity index (χ2n) is 9.47. The largest absolute Gasteiger partial charge is 4.00 e. The first kappa shape index (κ1) is 31.4. The Hall–Kier alpha value is -3.09. The molecule has 0 saturated heterocycles. The van der Waals surface area contributed by atoms with Crippen LogP contribution in [0, 0.1) is 6.08 Å². The topological polar surface area (TPSA) is 0 Å². The molecule has 1 aliphatic carbocycles. The molecule has 0 spiro atoms. The molecule has 1 atom stereocenters. The van der Waals surface area contributed by atoms with Crippen molar-refractivity contribution >= 4 is 16.3 Å². The molecule has 6 aromatic rings. The predicted molar refractivity (Wildman–Crippen MR) is 156 cm³/mol. The Labute approximate surface area is 269 Å². The smallest absolute Gasteiger partial charge is 1.00 e. The minimum absolute atomic E-state index is 0. The standard InChI is InChI=1S/C22H17.C15H11.2ClH.Zr/c1-3-9-17(10-4-1)15-22-20-14-8-7-13-19(20)16-21(22)18-11-5-2-6-12-18;1-2-6-12(7-3-1)15-10-13-8-4-5-9-14(13)11-15;;;/h1-14,22H,15H2;1-11H;2*1H;/q2*-1;;;+4/p-2. The number of halogens is 2. The summed E-state index contributed by atoms with van der Waals surface area (Å²) in [6.07, 6.45) is 4.66. The Balaban J connectivity index is 0.000000217. The summed E-state index contributed by atoms with van der Waals surface area (Å²) in [4.78, 5) is 0. The molecule has 0 heterocycles. The van der Waals surface area contributed by atoms with Crippen LogP contribution in [0.5, 0.6) is 0 Å². The van der Waals surface area contributed by atoms with Crippen molar-refractivity contribution in [3.63, 3.8) is 0 Å². The third kappa shape index (κ3) is 7.15. The van der Waals surface area contributed by atoms with Gasteiger partial charge in [-0.05, 0) is 17.9 Å². The van der Waals surface area contributed by atoms with Crippen LogP contribution in [0.2, 0.25) is 0 Å². The van der Waals surface area contributed by atoms with Gasteiger partial charge in [0.1, 0.15) is 0 Å². The van der Waals surface area contributed by atoms with Crippen molar-refractivity contribution in [2.24, 2.45) is 0 Å². The second kappa shape index (κ2) is 15.1. The van der Waals surface area contributed by atoms with Crippen LogP contribution in [-0.2, 0) is 32.6 Å². The van der Waals surface area contributed by atoms with Crippen molar-refractivity contribution in [2.45, 2.75) is 12.3 Å². The van der Waals surface area contributed by atoms with Crippen LogP contribution >= 0.6 is 0 Å². The van der Waals surface area contributed by atoms with Crippen molar-refractivity contribution in [3.8, 4) is 11.1 Å². The number of hydrogen-bond acceptors (Lipinski definition) is 0. The molecule has 0 radical (unpaired) electrons. The Bertz CT molecular complexity index is 1600. The van der Waals surface area contributed by atoms with Gasteiger partial charge in [-0.25, -0.2) is 0 Å². The predicted octanol–water partition coefficient (Wildman–Crippen LogP) is 3.49. The molecule has 0 saturated carbocycles. The fourth-order valence-corrected chi connectivity index (χ4v) is 5.20. The number of hydrogen-bond donors (Lipinski definition) is 0. The molecular formula is C37H28Cl2Zr. The van der Waals surface area contributed by atoms with E-state index in [1.54, 1.807) is 0 Å². The Kier molecular flexibility index (Phi) is 11.8. The average Bonchev–Trinajstić information content (AvgIpc) is 3.57. The molecule has 3 heteroatoms. The van der Waals surface area contributed by atoms with Crippen LogP contribution in [0.4, 0.5) is 0 Å². The minimum Gasteiger partial charge on any atom is -1.00 e. The van der Waals surface area contributed by atoms with E-state index in [4.69, 9.17) is 0 Å². The normalized spacial score (nSPS) is 12.9. The zero-order chi connectivity index (χ0) is 24.9. The molecule has 0 aliphatic heterocycles. The number of rotatable bonds is 4. The molecular weight excluding hydrogens is 607 g/mol. The van der Waals surface area contributed by atoms with Gasteiger partial charge < -0.3 is 24.8 Å². The summed E-state index contributed by atoms with van der Waals surface area (Å²) in [6.45, 7) is 0. The quantitative estimate of drug-likeness (QED) is 0.261. The van der Waals surface area contributed by atoms with Crippen LogP contribution in [0.3, 0.4) is 0 Å². The van der Waals surface area contributed by atoms with Crippen LogP contribution in [-0.4, -0.2) is 0 Å². The van der Waals surface area contributed by atoms with Gasteiger partial charge in [-0.15, -0.1) is 75.5 Å². The van der Waals surface area contributed by atoms with E-state index in [1.165, 1.54) is 49.7 Å². The van der Waals surface area contributed by atoms with Crippen LogP contribution in [0.15, 0.2) is 152 Å². The molecule has 1 aliphatic rings. The molecule has 0 nitrogen and oxygen atoms in total. The van der Waals surface area contributed by atoms with Crippen molar-refractivity contribution in [2.75, 3.05) is 0 Å². The van der Waals surface area contributed by atoms with E-state index in [9.17, 15) is 0 Å². The summed E-state index contributed by atoms with van der Waals surface area (Å²) in [5, 5.41) is 2.63. The summed E-state index contributed by atoms with van der Waals surface area (Å²) in [6, 6.07) is 53.5. The first-order valence-electron chi connectivity index (χ1n) is 12.9. The van der Waals surface area contributed by atoms with Gasteiger partial charge in [0.05, 0.1) is 0 Å². The van der Waals surface area contributed by atoms with Crippen molar-refractivity contribution in [1.29, 1.82) is 0 Å². The maximum absolute atomic E-state index is 3.64. The summed E-state index contributed by atoms with van der Waals surface area (Å²) in [7, 11) is 0. The molecule has 0 bridgehead atoms. The fourth-order valence-electron chi connectivity index (χ4n) is 5.20. The van der Waals surface area contributed by atoms with Crippen LogP contribution in [0.1, 0.15) is 28.2 Å². The number of benzene rings is 5. The SMILES string of the molecule is [C-]1=C(c2ccccc2)C(Cc2ccccc2)c2ccccc21.[Cl-].[Cl-].[Zr+4].c1ccc(-c2cc3ccccc3[cH-]2)cc1. The van der Waals surface area contributed by atoms with E-state index in [2.05, 4.69) is 152 Å². The van der Waals surface area contributed by atoms with E-state index in [-0.39, 0.29) is 51.0 Å². The van der Waals surface area contributed by atoms with Crippen LogP contribution in [0.25, 0.3) is 27.5 Å². The van der Waals surface area contributed by atoms with E-state index < -0.39 is 0 Å². The molecule has 7 rings (SSSR count). The molecule has 0 amide bonds. The fraction of sp³-hybridized carbons (Fsp3) is 0.0541. The first-order valence-corrected chi connectivity index (χ1v) is 12.9. The average molecular weight is 635 g/mol. The van der Waals surface area contributed by atoms with Crippen molar-refractivity contribution < 1.29 is 51.0 Å². The Morgan fingerprint density at radius 2 is 1.12 bits per heavy atom. The maximum Gasteiger partial charge on any atom is 4.00 e. The molecule has 0 fully saturated rings. The number of allylic oxidation sites excluding steroid dienone is 1. The zero-order valence-electron chi connectivity index (χ0n) is 22.0. The first-order chi connectivity index (χ1) is 18.3. The van der Waals surface area contributed by atoms with Gasteiger partial charge in [-0.3, -0.25) is 0 Å². The second-order valence-corrected chi connectivity index (χ2v) is 9.47. The minimum atomic E-state index is 0. The maximum atomic E-state index is 3.64. The van der Waals surface area contributed by atoms with E-state index in [0.29, 0.717) is 5.92 Å². The van der Waals surface area contributed by atoms with Gasteiger partial charge in [-0.2, -0.15) is 0 Å². The summed E-state index contributed by atoms with van der Waals surface area (Å²) in [5.41, 5.74) is 9.18. The van der Waals surface area contributed by atoms with Gasteiger partial charge in [-0.1, -0.05) is 126 Å². The van der Waals surface area contributed by atoms with Gasteiger partial charge >= 0.3 is 26.2 Å². The van der Waals surface area contributed by atoms with Crippen LogP contribution < -0.4 is 24.8 Å². The third-order valence-corrected chi connectivity index (χ3v) is 7.05.